The molecule has 0 aliphatic rings. The lowest BCUT2D eigenvalue weighted by Crippen LogP contribution is -2.43. The number of carboxylic acids is 1. The molecule has 0 radical (unpaired) electrons. The number of hydrogen-bond acceptors (Lipinski definition) is 3. The molecule has 0 saturated heterocycles. The van der Waals surface area contributed by atoms with E-state index in [0.717, 1.165) is 10.0 Å². The molecule has 1 atom stereocenters. The van der Waals surface area contributed by atoms with Crippen LogP contribution in [0.1, 0.15) is 12.0 Å². The number of carbonyl (C=O) groups is 2. The van der Waals surface area contributed by atoms with Crippen LogP contribution in [0.5, 0.6) is 0 Å². The van der Waals surface area contributed by atoms with Crippen molar-refractivity contribution in [3.05, 3.63) is 28.2 Å². The van der Waals surface area contributed by atoms with E-state index in [2.05, 4.69) is 26.6 Å². The Hall–Kier alpha value is -1.60. The second kappa shape index (κ2) is 7.10. The fourth-order valence-electron chi connectivity index (χ4n) is 1.45. The maximum absolute atomic E-state index is 11.7. The first-order chi connectivity index (χ1) is 8.95. The number of aliphatic carboxylic acids is 1. The fourth-order valence-corrected chi connectivity index (χ4v) is 1.81. The minimum atomic E-state index is -1.19. The molecular weight excluding hydrogens is 316 g/mol. The lowest BCUT2D eigenvalue weighted by Gasteiger charge is -2.15. The number of aliphatic hydroxyl groups is 1. The zero-order valence-electron chi connectivity index (χ0n) is 10.3. The van der Waals surface area contributed by atoms with Crippen molar-refractivity contribution >= 4 is 33.6 Å². The van der Waals surface area contributed by atoms with E-state index in [1.165, 1.54) is 0 Å². The SMILES string of the molecule is Cc1c(Br)cccc1NC(=O)N[C@@H](CCO)C(=O)O. The van der Waals surface area contributed by atoms with Gasteiger partial charge in [-0.1, -0.05) is 22.0 Å². The highest BCUT2D eigenvalue weighted by Crippen LogP contribution is 2.23. The van der Waals surface area contributed by atoms with Crippen molar-refractivity contribution < 1.29 is 19.8 Å². The summed E-state index contributed by atoms with van der Waals surface area (Å²) >= 11 is 3.34. The Morgan fingerprint density at radius 1 is 1.42 bits per heavy atom. The first kappa shape index (κ1) is 15.5. The van der Waals surface area contributed by atoms with Crippen LogP contribution < -0.4 is 10.6 Å². The Bertz CT molecular complexity index is 479. The summed E-state index contributed by atoms with van der Waals surface area (Å²) in [5, 5.41) is 22.4. The number of urea groups is 1. The summed E-state index contributed by atoms with van der Waals surface area (Å²) in [6.07, 6.45) is -0.0414. The van der Waals surface area contributed by atoms with Crippen molar-refractivity contribution in [2.45, 2.75) is 19.4 Å². The molecule has 0 aromatic heterocycles. The summed E-state index contributed by atoms with van der Waals surface area (Å²) in [4.78, 5) is 22.5. The van der Waals surface area contributed by atoms with Crippen LogP contribution in [0.2, 0.25) is 0 Å². The number of amides is 2. The molecule has 0 unspecified atom stereocenters. The first-order valence-corrected chi connectivity index (χ1v) is 6.41. The Kier molecular flexibility index (Phi) is 5.78. The molecule has 0 bridgehead atoms. The quantitative estimate of drug-likeness (QED) is 0.660. The molecule has 19 heavy (non-hydrogen) atoms. The molecule has 1 aromatic rings. The van der Waals surface area contributed by atoms with Crippen LogP contribution >= 0.6 is 15.9 Å². The second-order valence-electron chi connectivity index (χ2n) is 3.91. The van der Waals surface area contributed by atoms with E-state index in [9.17, 15) is 9.59 Å². The molecule has 0 spiro atoms. The van der Waals surface area contributed by atoms with Gasteiger partial charge in [-0.2, -0.15) is 0 Å². The number of anilines is 1. The van der Waals surface area contributed by atoms with E-state index in [1.807, 2.05) is 13.0 Å². The smallest absolute Gasteiger partial charge is 0.326 e. The molecule has 104 valence electrons. The molecule has 7 heteroatoms. The summed E-state index contributed by atoms with van der Waals surface area (Å²) in [6.45, 7) is 1.51. The van der Waals surface area contributed by atoms with Gasteiger partial charge in [0.15, 0.2) is 0 Å². The summed E-state index contributed by atoms with van der Waals surface area (Å²) in [7, 11) is 0. The Labute approximate surface area is 118 Å². The van der Waals surface area contributed by atoms with Crippen molar-refractivity contribution in [3.8, 4) is 0 Å². The van der Waals surface area contributed by atoms with E-state index < -0.39 is 18.0 Å². The number of nitrogens with one attached hydrogen (secondary N) is 2. The summed E-state index contributed by atoms with van der Waals surface area (Å²) in [6, 6.07) is 3.57. The third-order valence-corrected chi connectivity index (χ3v) is 3.40. The summed E-state index contributed by atoms with van der Waals surface area (Å²) in [5.74, 6) is -1.19. The number of carboxylic acid groups (broad SMARTS) is 1. The van der Waals surface area contributed by atoms with Crippen LogP contribution in [-0.2, 0) is 4.79 Å². The molecule has 6 nitrogen and oxygen atoms in total. The predicted molar refractivity (Wildman–Crippen MR) is 74.2 cm³/mol. The van der Waals surface area contributed by atoms with Gasteiger partial charge >= 0.3 is 12.0 Å². The van der Waals surface area contributed by atoms with E-state index in [1.54, 1.807) is 12.1 Å². The average molecular weight is 331 g/mol. The topological polar surface area (TPSA) is 98.7 Å². The lowest BCUT2D eigenvalue weighted by molar-refractivity contribution is -0.139. The van der Waals surface area contributed by atoms with Crippen molar-refractivity contribution in [1.29, 1.82) is 0 Å². The number of hydrogen-bond donors (Lipinski definition) is 4. The monoisotopic (exact) mass is 330 g/mol. The molecule has 2 amide bonds. The van der Waals surface area contributed by atoms with E-state index >= 15 is 0 Å². The number of benzene rings is 1. The summed E-state index contributed by atoms with van der Waals surface area (Å²) < 4.78 is 0.843. The van der Waals surface area contributed by atoms with Crippen LogP contribution in [0, 0.1) is 6.92 Å². The Morgan fingerprint density at radius 3 is 2.68 bits per heavy atom. The predicted octanol–water partition coefficient (Wildman–Crippen LogP) is 1.71. The maximum atomic E-state index is 11.7. The fraction of sp³-hybridized carbons (Fsp3) is 0.333. The third-order valence-electron chi connectivity index (χ3n) is 2.54. The van der Waals surface area contributed by atoms with Gasteiger partial charge in [-0.05, 0) is 24.6 Å². The van der Waals surface area contributed by atoms with E-state index in [-0.39, 0.29) is 13.0 Å². The zero-order valence-corrected chi connectivity index (χ0v) is 11.9. The standard InChI is InChI=1S/C12H15BrN2O4/c1-7-8(13)3-2-4-9(7)14-12(19)15-10(5-6-16)11(17)18/h2-4,10,16H,5-6H2,1H3,(H,17,18)(H2,14,15,19)/t10-/m0/s1. The van der Waals surface area contributed by atoms with E-state index in [0.29, 0.717) is 5.69 Å². The highest BCUT2D eigenvalue weighted by atomic mass is 79.9. The molecule has 4 N–H and O–H groups in total. The van der Waals surface area contributed by atoms with Crippen molar-refractivity contribution in [3.63, 3.8) is 0 Å². The molecular formula is C12H15BrN2O4. The number of rotatable bonds is 5. The lowest BCUT2D eigenvalue weighted by atomic mass is 10.2. The first-order valence-electron chi connectivity index (χ1n) is 5.62. The molecule has 0 heterocycles. The highest BCUT2D eigenvalue weighted by molar-refractivity contribution is 9.10. The van der Waals surface area contributed by atoms with E-state index in [4.69, 9.17) is 10.2 Å². The minimum absolute atomic E-state index is 0.0414. The number of carbonyl (C=O) groups excluding carboxylic acids is 1. The van der Waals surface area contributed by atoms with Crippen LogP contribution in [0.3, 0.4) is 0 Å². The van der Waals surface area contributed by atoms with Gasteiger partial charge in [0.2, 0.25) is 0 Å². The zero-order chi connectivity index (χ0) is 14.4. The normalized spacial score (nSPS) is 11.7. The van der Waals surface area contributed by atoms with Gasteiger partial charge in [-0.15, -0.1) is 0 Å². The maximum Gasteiger partial charge on any atom is 0.326 e. The highest BCUT2D eigenvalue weighted by Gasteiger charge is 2.19. The van der Waals surface area contributed by atoms with Crippen LogP contribution in [0.15, 0.2) is 22.7 Å². The van der Waals surface area contributed by atoms with Gasteiger partial charge in [-0.25, -0.2) is 9.59 Å². The van der Waals surface area contributed by atoms with Crippen molar-refractivity contribution in [2.75, 3.05) is 11.9 Å². The Balaban J connectivity index is 2.69. The average Bonchev–Trinajstić information content (AvgIpc) is 2.34. The molecule has 0 fully saturated rings. The van der Waals surface area contributed by atoms with Gasteiger partial charge in [0, 0.05) is 23.2 Å². The molecule has 1 aromatic carbocycles. The van der Waals surface area contributed by atoms with Gasteiger partial charge in [0.25, 0.3) is 0 Å². The van der Waals surface area contributed by atoms with Crippen LogP contribution in [0.4, 0.5) is 10.5 Å². The van der Waals surface area contributed by atoms with Crippen LogP contribution in [0.25, 0.3) is 0 Å². The van der Waals surface area contributed by atoms with Gasteiger partial charge in [-0.3, -0.25) is 0 Å². The second-order valence-corrected chi connectivity index (χ2v) is 4.77. The number of halogens is 1. The van der Waals surface area contributed by atoms with Gasteiger partial charge < -0.3 is 20.8 Å². The minimum Gasteiger partial charge on any atom is -0.480 e. The van der Waals surface area contributed by atoms with Crippen LogP contribution in [-0.4, -0.2) is 34.9 Å². The summed E-state index contributed by atoms with van der Waals surface area (Å²) in [5.41, 5.74) is 1.42. The molecule has 0 aliphatic carbocycles. The molecule has 0 saturated carbocycles. The largest absolute Gasteiger partial charge is 0.480 e. The Morgan fingerprint density at radius 2 is 2.11 bits per heavy atom. The third kappa shape index (κ3) is 4.53. The van der Waals surface area contributed by atoms with Gasteiger partial charge in [0.05, 0.1) is 0 Å². The molecule has 0 aliphatic heterocycles. The van der Waals surface area contributed by atoms with Crippen molar-refractivity contribution in [1.82, 2.24) is 5.32 Å². The number of aliphatic hydroxyl groups excluding tert-OH is 1. The van der Waals surface area contributed by atoms with Crippen molar-refractivity contribution in [2.24, 2.45) is 0 Å². The molecule has 1 rings (SSSR count). The van der Waals surface area contributed by atoms with Gasteiger partial charge in [0.1, 0.15) is 6.04 Å².